The molecule has 7 heteroatoms. The van der Waals surface area contributed by atoms with Gasteiger partial charge in [-0.3, -0.25) is 4.79 Å². The van der Waals surface area contributed by atoms with Gasteiger partial charge in [-0.1, -0.05) is 6.92 Å². The van der Waals surface area contributed by atoms with Crippen LogP contribution < -0.4 is 11.1 Å². The van der Waals surface area contributed by atoms with E-state index in [0.29, 0.717) is 37.7 Å². The quantitative estimate of drug-likeness (QED) is 0.867. The van der Waals surface area contributed by atoms with Gasteiger partial charge in [0, 0.05) is 30.0 Å². The van der Waals surface area contributed by atoms with E-state index in [2.05, 4.69) is 29.4 Å². The molecule has 0 aromatic carbocycles. The number of thiophene rings is 1. The Morgan fingerprint density at radius 1 is 1.43 bits per heavy atom. The van der Waals surface area contributed by atoms with Crippen LogP contribution >= 0.6 is 22.7 Å². The Morgan fingerprint density at radius 3 is 2.87 bits per heavy atom. The second-order valence-corrected chi connectivity index (χ2v) is 7.73. The van der Waals surface area contributed by atoms with E-state index in [-0.39, 0.29) is 5.91 Å². The minimum atomic E-state index is -0.525. The summed E-state index contributed by atoms with van der Waals surface area (Å²) in [5.41, 5.74) is 6.27. The Bertz CT molecular complexity index is 674. The molecule has 1 aliphatic heterocycles. The normalized spacial score (nSPS) is 17.1. The lowest BCUT2D eigenvalue weighted by atomic mass is 9.79. The van der Waals surface area contributed by atoms with Gasteiger partial charge in [0.15, 0.2) is 5.13 Å². The first-order valence-corrected chi connectivity index (χ1v) is 9.50. The van der Waals surface area contributed by atoms with Crippen molar-refractivity contribution in [2.45, 2.75) is 26.2 Å². The Kier molecular flexibility index (Phi) is 5.11. The average Bonchev–Trinajstić information content (AvgIpc) is 3.24. The summed E-state index contributed by atoms with van der Waals surface area (Å²) in [6.07, 6.45) is 2.36. The summed E-state index contributed by atoms with van der Waals surface area (Å²) in [5, 5.41) is 5.57. The van der Waals surface area contributed by atoms with Gasteiger partial charge in [0.1, 0.15) is 0 Å². The van der Waals surface area contributed by atoms with Crippen LogP contribution in [0.2, 0.25) is 0 Å². The van der Waals surface area contributed by atoms with Gasteiger partial charge >= 0.3 is 0 Å². The minimum Gasteiger partial charge on any atom is -0.381 e. The zero-order valence-electron chi connectivity index (χ0n) is 13.1. The maximum atomic E-state index is 12.6. The molecule has 0 atom stereocenters. The number of nitrogens with two attached hydrogens (primary N) is 1. The van der Waals surface area contributed by atoms with Gasteiger partial charge in [-0.2, -0.15) is 0 Å². The van der Waals surface area contributed by atoms with Crippen LogP contribution in [0, 0.1) is 5.41 Å². The summed E-state index contributed by atoms with van der Waals surface area (Å²) >= 11 is 3.20. The van der Waals surface area contributed by atoms with Gasteiger partial charge in [-0.15, -0.1) is 22.7 Å². The molecule has 0 saturated carbocycles. The molecule has 0 radical (unpaired) electrons. The highest BCUT2D eigenvalue weighted by atomic mass is 32.1. The van der Waals surface area contributed by atoms with Crippen molar-refractivity contribution in [1.82, 2.24) is 4.98 Å². The third-order valence-corrected chi connectivity index (χ3v) is 6.32. The highest BCUT2D eigenvalue weighted by Crippen LogP contribution is 2.34. The van der Waals surface area contributed by atoms with Crippen molar-refractivity contribution in [2.75, 3.05) is 25.1 Å². The number of carbonyl (C=O) groups excluding carboxylic acids is 1. The van der Waals surface area contributed by atoms with Crippen LogP contribution in [-0.4, -0.2) is 30.6 Å². The standard InChI is InChI=1S/C16H21N3O2S2/c1-2-11-3-4-13(23-11)12-9-22-15(18-12)19-14(20)16(10-17)5-7-21-8-6-16/h3-4,9H,2,5-8,10,17H2,1H3,(H,18,19,20). The molecular formula is C16H21N3O2S2. The van der Waals surface area contributed by atoms with Gasteiger partial charge in [0.2, 0.25) is 5.91 Å². The molecule has 0 unspecified atom stereocenters. The predicted octanol–water partition coefficient (Wildman–Crippen LogP) is 3.13. The molecule has 2 aromatic rings. The topological polar surface area (TPSA) is 77.2 Å². The second-order valence-electron chi connectivity index (χ2n) is 5.71. The first kappa shape index (κ1) is 16.6. The molecule has 2 aromatic heterocycles. The van der Waals surface area contributed by atoms with Gasteiger partial charge in [0.25, 0.3) is 0 Å². The monoisotopic (exact) mass is 351 g/mol. The van der Waals surface area contributed by atoms with Crippen LogP contribution in [0.15, 0.2) is 17.5 Å². The number of aromatic nitrogens is 1. The number of amides is 1. The molecule has 1 saturated heterocycles. The molecule has 0 spiro atoms. The van der Waals surface area contributed by atoms with E-state index in [4.69, 9.17) is 10.5 Å². The number of aryl methyl sites for hydroxylation is 1. The predicted molar refractivity (Wildman–Crippen MR) is 95.0 cm³/mol. The van der Waals surface area contributed by atoms with E-state index in [0.717, 1.165) is 17.0 Å². The number of nitrogens with one attached hydrogen (secondary N) is 1. The van der Waals surface area contributed by atoms with E-state index in [1.807, 2.05) is 5.38 Å². The van der Waals surface area contributed by atoms with Crippen molar-refractivity contribution >= 4 is 33.7 Å². The zero-order valence-corrected chi connectivity index (χ0v) is 14.8. The van der Waals surface area contributed by atoms with Crippen LogP contribution in [-0.2, 0) is 16.0 Å². The summed E-state index contributed by atoms with van der Waals surface area (Å²) in [5.74, 6) is -0.0374. The summed E-state index contributed by atoms with van der Waals surface area (Å²) in [6.45, 7) is 3.65. The summed E-state index contributed by atoms with van der Waals surface area (Å²) < 4.78 is 5.35. The Labute approximate surface area is 143 Å². The molecule has 5 nitrogen and oxygen atoms in total. The van der Waals surface area contributed by atoms with Crippen molar-refractivity contribution in [1.29, 1.82) is 0 Å². The van der Waals surface area contributed by atoms with Crippen LogP contribution in [0.4, 0.5) is 5.13 Å². The number of thiazole rings is 1. The van der Waals surface area contributed by atoms with Crippen molar-refractivity contribution in [3.8, 4) is 10.6 Å². The van der Waals surface area contributed by atoms with Crippen molar-refractivity contribution in [2.24, 2.45) is 11.1 Å². The molecule has 3 rings (SSSR count). The molecule has 0 bridgehead atoms. The van der Waals surface area contributed by atoms with E-state index in [1.165, 1.54) is 16.2 Å². The Hall–Kier alpha value is -1.28. The number of anilines is 1. The third kappa shape index (κ3) is 3.47. The second kappa shape index (κ2) is 7.09. The summed E-state index contributed by atoms with van der Waals surface area (Å²) in [7, 11) is 0. The summed E-state index contributed by atoms with van der Waals surface area (Å²) in [6, 6.07) is 4.22. The van der Waals surface area contributed by atoms with E-state index in [1.54, 1.807) is 11.3 Å². The molecule has 1 aliphatic rings. The SMILES string of the molecule is CCc1ccc(-c2csc(NC(=O)C3(CN)CCOCC3)n2)s1. The smallest absolute Gasteiger partial charge is 0.233 e. The largest absolute Gasteiger partial charge is 0.381 e. The van der Waals surface area contributed by atoms with Gasteiger partial charge in [-0.05, 0) is 31.4 Å². The highest BCUT2D eigenvalue weighted by Gasteiger charge is 2.39. The third-order valence-electron chi connectivity index (χ3n) is 4.31. The molecule has 3 N–H and O–H groups in total. The number of hydrogen-bond acceptors (Lipinski definition) is 6. The Balaban J connectivity index is 1.72. The average molecular weight is 351 g/mol. The molecule has 0 aliphatic carbocycles. The minimum absolute atomic E-state index is 0.0374. The van der Waals surface area contributed by atoms with Crippen LogP contribution in [0.25, 0.3) is 10.6 Å². The van der Waals surface area contributed by atoms with E-state index in [9.17, 15) is 4.79 Å². The lowest BCUT2D eigenvalue weighted by molar-refractivity contribution is -0.130. The van der Waals surface area contributed by atoms with Crippen LogP contribution in [0.3, 0.4) is 0 Å². The van der Waals surface area contributed by atoms with Crippen molar-refractivity contribution in [3.63, 3.8) is 0 Å². The number of nitrogens with zero attached hydrogens (tertiary/aromatic N) is 1. The van der Waals surface area contributed by atoms with Crippen LogP contribution in [0.1, 0.15) is 24.6 Å². The molecule has 1 fully saturated rings. The fraction of sp³-hybridized carbons (Fsp3) is 0.500. The molecular weight excluding hydrogens is 330 g/mol. The number of ether oxygens (including phenoxy) is 1. The first-order valence-electron chi connectivity index (χ1n) is 7.81. The number of rotatable bonds is 5. The molecule has 124 valence electrons. The van der Waals surface area contributed by atoms with Gasteiger partial charge < -0.3 is 15.8 Å². The van der Waals surface area contributed by atoms with E-state index >= 15 is 0 Å². The fourth-order valence-electron chi connectivity index (χ4n) is 2.67. The van der Waals surface area contributed by atoms with Crippen LogP contribution in [0.5, 0.6) is 0 Å². The summed E-state index contributed by atoms with van der Waals surface area (Å²) in [4.78, 5) is 19.7. The van der Waals surface area contributed by atoms with Gasteiger partial charge in [-0.25, -0.2) is 4.98 Å². The zero-order chi connectivity index (χ0) is 16.3. The number of hydrogen-bond donors (Lipinski definition) is 2. The maximum absolute atomic E-state index is 12.6. The lowest BCUT2D eigenvalue weighted by Gasteiger charge is -2.34. The van der Waals surface area contributed by atoms with E-state index < -0.39 is 5.41 Å². The Morgan fingerprint density at radius 2 is 2.22 bits per heavy atom. The molecule has 1 amide bonds. The number of carbonyl (C=O) groups is 1. The lowest BCUT2D eigenvalue weighted by Crippen LogP contribution is -2.46. The maximum Gasteiger partial charge on any atom is 0.233 e. The highest BCUT2D eigenvalue weighted by molar-refractivity contribution is 7.17. The van der Waals surface area contributed by atoms with Crippen molar-refractivity contribution < 1.29 is 9.53 Å². The molecule has 3 heterocycles. The fourth-order valence-corrected chi connectivity index (χ4v) is 4.35. The molecule has 23 heavy (non-hydrogen) atoms. The first-order chi connectivity index (χ1) is 11.2. The van der Waals surface area contributed by atoms with Gasteiger partial charge in [0.05, 0.1) is 16.0 Å². The van der Waals surface area contributed by atoms with Crippen molar-refractivity contribution in [3.05, 3.63) is 22.4 Å².